The Balaban J connectivity index is 1.07. The molecule has 2 N–H and O–H groups in total. The molecule has 11 nitrogen and oxygen atoms in total. The van der Waals surface area contributed by atoms with Crippen LogP contribution in [0.2, 0.25) is 0 Å². The number of rotatable bonds is 7. The van der Waals surface area contributed by atoms with E-state index < -0.39 is 40.8 Å². The van der Waals surface area contributed by atoms with Crippen molar-refractivity contribution in [2.75, 3.05) is 11.4 Å². The second kappa shape index (κ2) is 13.6. The summed E-state index contributed by atoms with van der Waals surface area (Å²) in [6.07, 6.45) is 10.5. The highest BCUT2D eigenvalue weighted by atomic mass is 19.4. The Morgan fingerprint density at radius 3 is 2.49 bits per heavy atom. The van der Waals surface area contributed by atoms with Gasteiger partial charge in [0.15, 0.2) is 5.69 Å². The van der Waals surface area contributed by atoms with Gasteiger partial charge >= 0.3 is 12.1 Å². The van der Waals surface area contributed by atoms with Crippen LogP contribution in [0.4, 0.5) is 24.8 Å². The lowest BCUT2D eigenvalue weighted by Gasteiger charge is -2.52. The molecule has 5 aliphatic rings. The molecule has 5 atom stereocenters. The van der Waals surface area contributed by atoms with E-state index in [9.17, 15) is 27.9 Å². The maximum atomic E-state index is 14.8. The number of nitrogens with one attached hydrogen (secondary N) is 1. The van der Waals surface area contributed by atoms with Gasteiger partial charge in [-0.05, 0) is 112 Å². The fourth-order valence-electron chi connectivity index (χ4n) is 10.8. The maximum absolute atomic E-state index is 14.8. The van der Waals surface area contributed by atoms with E-state index in [0.29, 0.717) is 37.8 Å². The lowest BCUT2D eigenvalue weighted by atomic mass is 9.56. The van der Waals surface area contributed by atoms with Crippen molar-refractivity contribution in [1.29, 1.82) is 0 Å². The normalized spacial score (nSPS) is 30.8. The first kappa shape index (κ1) is 35.8. The first-order valence-corrected chi connectivity index (χ1v) is 19.3. The van der Waals surface area contributed by atoms with Crippen molar-refractivity contribution < 1.29 is 32.6 Å². The molecule has 5 unspecified atom stereocenters. The third-order valence-corrected chi connectivity index (χ3v) is 13.2. The summed E-state index contributed by atoms with van der Waals surface area (Å²) in [6, 6.07) is 6.13. The molecule has 0 saturated heterocycles. The predicted molar refractivity (Wildman–Crippen MR) is 189 cm³/mol. The summed E-state index contributed by atoms with van der Waals surface area (Å²) in [4.78, 5) is 41.1. The predicted octanol–water partition coefficient (Wildman–Crippen LogP) is 7.65. The molecule has 1 spiro atoms. The number of ether oxygens (including phenoxy) is 1. The smallest absolute Gasteiger partial charge is 0.434 e. The molecular formula is C39H48F3N7O4. The largest absolute Gasteiger partial charge is 0.490 e. The summed E-state index contributed by atoms with van der Waals surface area (Å²) in [5, 5.41) is 17.5. The summed E-state index contributed by atoms with van der Waals surface area (Å²) in [6.45, 7) is 4.26. The number of carboxylic acids is 1. The SMILES string of the molecule is CC1CC2CC(C)C(NC(=O)c3cnc(N4CC5(CCCCC5)c5cc(O[C@H]6CC[C@H](n7cncn7)CC6)ccc54)nc3C(F)(F)F)(C(=O)O)C(C1)C2. The second-order valence-corrected chi connectivity index (χ2v) is 16.6. The van der Waals surface area contributed by atoms with Crippen molar-refractivity contribution in [1.82, 2.24) is 30.0 Å². The minimum absolute atomic E-state index is 0.0452. The van der Waals surface area contributed by atoms with Gasteiger partial charge in [-0.3, -0.25) is 4.79 Å². The quantitative estimate of drug-likeness (QED) is 0.251. The minimum Gasteiger partial charge on any atom is -0.490 e. The molecule has 4 aliphatic carbocycles. The number of amides is 1. The van der Waals surface area contributed by atoms with Crippen molar-refractivity contribution in [2.24, 2.45) is 23.7 Å². The van der Waals surface area contributed by atoms with Crippen molar-refractivity contribution in [3.63, 3.8) is 0 Å². The highest BCUT2D eigenvalue weighted by Gasteiger charge is 2.57. The number of carboxylic acid groups (broad SMARTS) is 1. The first-order valence-electron chi connectivity index (χ1n) is 19.3. The Morgan fingerprint density at radius 2 is 1.79 bits per heavy atom. The Bertz CT molecular complexity index is 1840. The fraction of sp³-hybridized carbons (Fsp3) is 0.641. The third kappa shape index (κ3) is 6.43. The van der Waals surface area contributed by atoms with Gasteiger partial charge in [0.25, 0.3) is 5.91 Å². The summed E-state index contributed by atoms with van der Waals surface area (Å²) < 4.78 is 52.9. The van der Waals surface area contributed by atoms with Crippen LogP contribution in [0.15, 0.2) is 37.1 Å². The van der Waals surface area contributed by atoms with Crippen LogP contribution in [0.3, 0.4) is 0 Å². The number of alkyl halides is 3. The average molecular weight is 736 g/mol. The zero-order valence-corrected chi connectivity index (χ0v) is 30.3. The van der Waals surface area contributed by atoms with Crippen LogP contribution < -0.4 is 15.0 Å². The van der Waals surface area contributed by atoms with Crippen molar-refractivity contribution in [2.45, 2.75) is 127 Å². The molecule has 2 aromatic heterocycles. The zero-order chi connectivity index (χ0) is 37.1. The van der Waals surface area contributed by atoms with E-state index in [0.717, 1.165) is 87.4 Å². The van der Waals surface area contributed by atoms with E-state index >= 15 is 0 Å². The van der Waals surface area contributed by atoms with Crippen LogP contribution in [0.1, 0.15) is 125 Å². The second-order valence-electron chi connectivity index (χ2n) is 16.6. The minimum atomic E-state index is -4.99. The lowest BCUT2D eigenvalue weighted by molar-refractivity contribution is -0.155. The monoisotopic (exact) mass is 735 g/mol. The summed E-state index contributed by atoms with van der Waals surface area (Å²) >= 11 is 0. The molecule has 0 radical (unpaired) electrons. The van der Waals surface area contributed by atoms with E-state index in [2.05, 4.69) is 38.4 Å². The van der Waals surface area contributed by atoms with Gasteiger partial charge in [-0.1, -0.05) is 33.1 Å². The number of nitrogens with zero attached hydrogens (tertiary/aromatic N) is 6. The number of fused-ring (bicyclic) bond motifs is 4. The molecule has 1 aliphatic heterocycles. The number of halogens is 3. The van der Waals surface area contributed by atoms with Crippen LogP contribution in [0.25, 0.3) is 0 Å². The molecule has 14 heteroatoms. The topological polar surface area (TPSA) is 135 Å². The Hall–Kier alpha value is -4.23. The lowest BCUT2D eigenvalue weighted by Crippen LogP contribution is -2.66. The van der Waals surface area contributed by atoms with Gasteiger partial charge in [-0.25, -0.2) is 24.4 Å². The molecule has 2 bridgehead atoms. The van der Waals surface area contributed by atoms with Crippen LogP contribution in [0.5, 0.6) is 5.75 Å². The van der Waals surface area contributed by atoms with E-state index in [1.165, 1.54) is 0 Å². The van der Waals surface area contributed by atoms with Crippen molar-refractivity contribution in [3.05, 3.63) is 53.9 Å². The van der Waals surface area contributed by atoms with Gasteiger partial charge in [-0.2, -0.15) is 18.3 Å². The van der Waals surface area contributed by atoms with Gasteiger partial charge in [0.2, 0.25) is 5.95 Å². The van der Waals surface area contributed by atoms with Crippen LogP contribution in [-0.2, 0) is 16.4 Å². The molecule has 3 aromatic rings. The Morgan fingerprint density at radius 1 is 1.02 bits per heavy atom. The van der Waals surface area contributed by atoms with E-state index in [1.54, 1.807) is 24.5 Å². The number of anilines is 2. The summed E-state index contributed by atoms with van der Waals surface area (Å²) in [5.74, 6) is -1.96. The Kier molecular flexibility index (Phi) is 9.16. The van der Waals surface area contributed by atoms with E-state index in [1.807, 2.05) is 16.8 Å². The number of carbonyl (C=O) groups is 2. The van der Waals surface area contributed by atoms with Crippen LogP contribution >= 0.6 is 0 Å². The molecular weight excluding hydrogens is 687 g/mol. The first-order chi connectivity index (χ1) is 25.4. The van der Waals surface area contributed by atoms with Crippen molar-refractivity contribution >= 4 is 23.5 Å². The average Bonchev–Trinajstić information content (AvgIpc) is 3.77. The number of hydrogen-bond donors (Lipinski definition) is 2. The van der Waals surface area contributed by atoms with Gasteiger partial charge in [0, 0.05) is 23.8 Å². The molecule has 8 rings (SSSR count). The fourth-order valence-corrected chi connectivity index (χ4v) is 10.8. The highest BCUT2D eigenvalue weighted by molar-refractivity contribution is 5.99. The van der Waals surface area contributed by atoms with Gasteiger partial charge < -0.3 is 20.1 Å². The molecule has 284 valence electrons. The van der Waals surface area contributed by atoms with Gasteiger partial charge in [-0.15, -0.1) is 0 Å². The molecule has 1 amide bonds. The zero-order valence-electron chi connectivity index (χ0n) is 30.3. The number of hydrogen-bond acceptors (Lipinski definition) is 8. The van der Waals surface area contributed by atoms with Crippen LogP contribution in [-0.4, -0.2) is 59.9 Å². The molecule has 53 heavy (non-hydrogen) atoms. The van der Waals surface area contributed by atoms with Gasteiger partial charge in [0.05, 0.1) is 17.7 Å². The maximum Gasteiger partial charge on any atom is 0.434 e. The van der Waals surface area contributed by atoms with Crippen molar-refractivity contribution in [3.8, 4) is 5.75 Å². The molecule has 4 saturated carbocycles. The number of aromatic nitrogens is 5. The summed E-state index contributed by atoms with van der Waals surface area (Å²) in [5.41, 5.74) is -2.35. The molecule has 4 fully saturated rings. The number of benzene rings is 1. The number of aliphatic carboxylic acids is 1. The molecule has 1 aromatic carbocycles. The summed E-state index contributed by atoms with van der Waals surface area (Å²) in [7, 11) is 0. The highest BCUT2D eigenvalue weighted by Crippen LogP contribution is 2.53. The number of carbonyl (C=O) groups excluding carboxylic acids is 1. The standard InChI is InChI=1S/C39H48F3N7O4/c1-23-14-25-16-24(2)38(35(51)52,26(15-23)17-25)47-34(50)30-19-44-36(46-33(30)39(40,41)42)48-20-37(12-4-3-5-13-37)31-18-29(10-11-32(31)48)53-28-8-6-27(7-9-28)49-22-43-21-45-49/h10-11,18-19,21-28H,3-9,12-17,20H2,1-2H3,(H,47,50)(H,51,52)/t23?,24?,25?,26?,27-,28-,38?. The van der Waals surface area contributed by atoms with Crippen LogP contribution in [0, 0.1) is 23.7 Å². The third-order valence-electron chi connectivity index (χ3n) is 13.2. The molecule has 3 heterocycles. The van der Waals surface area contributed by atoms with E-state index in [4.69, 9.17) is 4.74 Å². The Labute approximate surface area is 307 Å². The van der Waals surface area contributed by atoms with E-state index in [-0.39, 0.29) is 29.3 Å². The van der Waals surface area contributed by atoms with Gasteiger partial charge in [0.1, 0.15) is 23.9 Å².